The molecule has 0 aromatic heterocycles. The SMILES string of the molecule is CC1(C)CCC[C@]2(C)[C@@H](O)[C@@H](C(=O)O)C(=O)C[C@@H]12. The van der Waals surface area contributed by atoms with Crippen LogP contribution in [0, 0.1) is 22.7 Å². The molecule has 2 aliphatic rings. The molecular formula is C14H22O4. The second-order valence-electron chi connectivity index (χ2n) is 6.83. The van der Waals surface area contributed by atoms with Crippen LogP contribution in [0.25, 0.3) is 0 Å². The van der Waals surface area contributed by atoms with Crippen LogP contribution in [0.2, 0.25) is 0 Å². The molecule has 0 saturated heterocycles. The van der Waals surface area contributed by atoms with Gasteiger partial charge in [0.1, 0.15) is 11.7 Å². The van der Waals surface area contributed by atoms with E-state index in [4.69, 9.17) is 5.11 Å². The molecule has 2 N–H and O–H groups in total. The Kier molecular flexibility index (Phi) is 3.05. The number of aliphatic carboxylic acids is 1. The smallest absolute Gasteiger partial charge is 0.316 e. The molecule has 0 unspecified atom stereocenters. The first-order valence-electron chi connectivity index (χ1n) is 6.64. The highest BCUT2D eigenvalue weighted by molar-refractivity contribution is 5.99. The van der Waals surface area contributed by atoms with Crippen LogP contribution in [0.5, 0.6) is 0 Å². The van der Waals surface area contributed by atoms with Crippen LogP contribution in [-0.4, -0.2) is 28.1 Å². The molecule has 0 aromatic rings. The third-order valence-corrected chi connectivity index (χ3v) is 5.29. The summed E-state index contributed by atoms with van der Waals surface area (Å²) in [6.45, 7) is 6.19. The number of fused-ring (bicyclic) bond motifs is 1. The molecule has 0 bridgehead atoms. The van der Waals surface area contributed by atoms with Gasteiger partial charge < -0.3 is 10.2 Å². The lowest BCUT2D eigenvalue weighted by Gasteiger charge is -2.56. The number of hydrogen-bond donors (Lipinski definition) is 2. The molecule has 0 heterocycles. The number of Topliss-reactive ketones (excluding diaryl/α,β-unsaturated/α-hetero) is 1. The minimum absolute atomic E-state index is 0.00683. The number of aliphatic hydroxyl groups is 1. The number of aliphatic hydroxyl groups excluding tert-OH is 1. The van der Waals surface area contributed by atoms with Gasteiger partial charge >= 0.3 is 5.97 Å². The van der Waals surface area contributed by atoms with Gasteiger partial charge in [-0.3, -0.25) is 9.59 Å². The summed E-state index contributed by atoms with van der Waals surface area (Å²) in [4.78, 5) is 23.2. The van der Waals surface area contributed by atoms with E-state index in [0.717, 1.165) is 19.3 Å². The van der Waals surface area contributed by atoms with Crippen molar-refractivity contribution in [2.24, 2.45) is 22.7 Å². The molecule has 0 amide bonds. The van der Waals surface area contributed by atoms with Crippen molar-refractivity contribution in [3.63, 3.8) is 0 Å². The minimum atomic E-state index is -1.24. The second kappa shape index (κ2) is 4.05. The van der Waals surface area contributed by atoms with Gasteiger partial charge in [-0.2, -0.15) is 0 Å². The fourth-order valence-electron chi connectivity index (χ4n) is 4.19. The summed E-state index contributed by atoms with van der Waals surface area (Å²) in [6.07, 6.45) is 2.06. The Morgan fingerprint density at radius 2 is 1.89 bits per heavy atom. The molecule has 2 rings (SSSR count). The Hall–Kier alpha value is -0.900. The predicted octanol–water partition coefficient (Wildman–Crippen LogP) is 1.85. The standard InChI is InChI=1S/C14H22O4/c1-13(2)5-4-6-14(3)9(13)7-8(15)10(11(14)16)12(17)18/h9-11,16H,4-7H2,1-3H3,(H,17,18)/t9-,10-,11-,14-/m0/s1. The molecule has 4 heteroatoms. The summed E-state index contributed by atoms with van der Waals surface area (Å²) < 4.78 is 0. The zero-order valence-electron chi connectivity index (χ0n) is 11.3. The summed E-state index contributed by atoms with van der Waals surface area (Å²) in [5.74, 6) is -2.65. The molecule has 2 fully saturated rings. The van der Waals surface area contributed by atoms with E-state index < -0.39 is 23.4 Å². The van der Waals surface area contributed by atoms with Crippen molar-refractivity contribution in [2.75, 3.05) is 0 Å². The van der Waals surface area contributed by atoms with Gasteiger partial charge in [-0.05, 0) is 29.6 Å². The maximum Gasteiger partial charge on any atom is 0.316 e. The van der Waals surface area contributed by atoms with Crippen molar-refractivity contribution in [3.05, 3.63) is 0 Å². The fraction of sp³-hybridized carbons (Fsp3) is 0.857. The number of hydrogen-bond acceptors (Lipinski definition) is 3. The van der Waals surface area contributed by atoms with E-state index in [1.807, 2.05) is 6.92 Å². The van der Waals surface area contributed by atoms with Crippen LogP contribution < -0.4 is 0 Å². The summed E-state index contributed by atoms with van der Waals surface area (Å²) >= 11 is 0. The fourth-order valence-corrected chi connectivity index (χ4v) is 4.19. The monoisotopic (exact) mass is 254 g/mol. The third kappa shape index (κ3) is 1.78. The van der Waals surface area contributed by atoms with E-state index in [1.54, 1.807) is 0 Å². The summed E-state index contributed by atoms with van der Waals surface area (Å²) in [5, 5.41) is 19.5. The van der Waals surface area contributed by atoms with Crippen molar-refractivity contribution < 1.29 is 19.8 Å². The van der Waals surface area contributed by atoms with Crippen LogP contribution in [-0.2, 0) is 9.59 Å². The van der Waals surface area contributed by atoms with Gasteiger partial charge in [0.15, 0.2) is 0 Å². The number of rotatable bonds is 1. The maximum absolute atomic E-state index is 12.0. The van der Waals surface area contributed by atoms with Gasteiger partial charge in [-0.25, -0.2) is 0 Å². The van der Waals surface area contributed by atoms with Crippen molar-refractivity contribution in [3.8, 4) is 0 Å². The maximum atomic E-state index is 12.0. The lowest BCUT2D eigenvalue weighted by Crippen LogP contribution is -2.59. The zero-order valence-corrected chi connectivity index (χ0v) is 11.3. The Labute approximate surface area is 107 Å². The summed E-state index contributed by atoms with van der Waals surface area (Å²) in [7, 11) is 0. The molecule has 0 aliphatic heterocycles. The van der Waals surface area contributed by atoms with E-state index in [0.29, 0.717) is 0 Å². The summed E-state index contributed by atoms with van der Waals surface area (Å²) in [5.41, 5.74) is -0.453. The highest BCUT2D eigenvalue weighted by atomic mass is 16.4. The molecule has 0 spiro atoms. The number of carbonyl (C=O) groups excluding carboxylic acids is 1. The van der Waals surface area contributed by atoms with E-state index in [1.165, 1.54) is 0 Å². The molecule has 4 nitrogen and oxygen atoms in total. The first-order chi connectivity index (χ1) is 8.20. The quantitative estimate of drug-likeness (QED) is 0.700. The molecule has 2 aliphatic carbocycles. The Morgan fingerprint density at radius 3 is 2.44 bits per heavy atom. The topological polar surface area (TPSA) is 74.6 Å². The van der Waals surface area contributed by atoms with Crippen molar-refractivity contribution in [1.29, 1.82) is 0 Å². The van der Waals surface area contributed by atoms with Crippen molar-refractivity contribution >= 4 is 11.8 Å². The number of ketones is 1. The predicted molar refractivity (Wildman–Crippen MR) is 66.0 cm³/mol. The van der Waals surface area contributed by atoms with Crippen LogP contribution >= 0.6 is 0 Å². The molecule has 102 valence electrons. The minimum Gasteiger partial charge on any atom is -0.481 e. The van der Waals surface area contributed by atoms with E-state index in [9.17, 15) is 14.7 Å². The Balaban J connectivity index is 2.40. The average molecular weight is 254 g/mol. The van der Waals surface area contributed by atoms with E-state index in [2.05, 4.69) is 13.8 Å². The van der Waals surface area contributed by atoms with E-state index >= 15 is 0 Å². The van der Waals surface area contributed by atoms with Gasteiger partial charge in [0.25, 0.3) is 0 Å². The van der Waals surface area contributed by atoms with E-state index in [-0.39, 0.29) is 23.5 Å². The first kappa shape index (κ1) is 13.5. The van der Waals surface area contributed by atoms with Crippen molar-refractivity contribution in [2.45, 2.75) is 52.6 Å². The van der Waals surface area contributed by atoms with Crippen LogP contribution in [0.15, 0.2) is 0 Å². The zero-order chi connectivity index (χ0) is 13.7. The third-order valence-electron chi connectivity index (χ3n) is 5.29. The molecular weight excluding hydrogens is 232 g/mol. The first-order valence-corrected chi connectivity index (χ1v) is 6.64. The Morgan fingerprint density at radius 1 is 1.28 bits per heavy atom. The number of carboxylic acids is 1. The van der Waals surface area contributed by atoms with Crippen LogP contribution in [0.4, 0.5) is 0 Å². The highest BCUT2D eigenvalue weighted by Gasteiger charge is 2.58. The number of carboxylic acid groups (broad SMARTS) is 1. The van der Waals surface area contributed by atoms with Gasteiger partial charge in [0, 0.05) is 6.42 Å². The van der Waals surface area contributed by atoms with Crippen molar-refractivity contribution in [1.82, 2.24) is 0 Å². The van der Waals surface area contributed by atoms with Gasteiger partial charge in [0.05, 0.1) is 6.10 Å². The lowest BCUT2D eigenvalue weighted by atomic mass is 9.49. The summed E-state index contributed by atoms with van der Waals surface area (Å²) in [6, 6.07) is 0. The van der Waals surface area contributed by atoms with Gasteiger partial charge in [-0.15, -0.1) is 0 Å². The number of carbonyl (C=O) groups is 2. The average Bonchev–Trinajstić information content (AvgIpc) is 2.21. The van der Waals surface area contributed by atoms with Gasteiger partial charge in [0.2, 0.25) is 0 Å². The second-order valence-corrected chi connectivity index (χ2v) is 6.83. The molecule has 0 aromatic carbocycles. The normalized spacial score (nSPS) is 43.3. The lowest BCUT2D eigenvalue weighted by molar-refractivity contribution is -0.177. The molecule has 0 radical (unpaired) electrons. The highest BCUT2D eigenvalue weighted by Crippen LogP contribution is 2.57. The molecule has 18 heavy (non-hydrogen) atoms. The van der Waals surface area contributed by atoms with Gasteiger partial charge in [-0.1, -0.05) is 27.2 Å². The largest absolute Gasteiger partial charge is 0.481 e. The van der Waals surface area contributed by atoms with Crippen LogP contribution in [0.3, 0.4) is 0 Å². The molecule has 4 atom stereocenters. The Bertz CT molecular complexity index is 387. The van der Waals surface area contributed by atoms with Crippen LogP contribution in [0.1, 0.15) is 46.5 Å². The molecule has 2 saturated carbocycles.